The van der Waals surface area contributed by atoms with E-state index in [9.17, 15) is 18.8 Å². The number of Topliss-reactive ketones (excluding diaryl/α,β-unsaturated/α-hetero) is 1. The van der Waals surface area contributed by atoms with Crippen molar-refractivity contribution in [3.05, 3.63) is 95.8 Å². The van der Waals surface area contributed by atoms with Gasteiger partial charge in [0.1, 0.15) is 16.8 Å². The zero-order chi connectivity index (χ0) is 23.4. The number of benzene rings is 3. The molecule has 8 heteroatoms. The summed E-state index contributed by atoms with van der Waals surface area (Å²) in [7, 11) is 0. The Balaban J connectivity index is 1.55. The smallest absolute Gasteiger partial charge is 0.341 e. The highest BCUT2D eigenvalue weighted by Gasteiger charge is 2.49. The molecule has 0 saturated carbocycles. The number of nitrogens with zero attached hydrogens (tertiary/aromatic N) is 1. The SMILES string of the molecule is O=C(O)COc1ccc(C2C(SCC(=O)c3ccccc3)C(=O)N2c2ccc(F)cc2)cc1. The molecule has 1 fully saturated rings. The molecule has 0 spiro atoms. The number of aliphatic carboxylic acids is 1. The molecular formula is C25H20FNO5S. The summed E-state index contributed by atoms with van der Waals surface area (Å²) in [6, 6.07) is 21.0. The molecular weight excluding hydrogens is 445 g/mol. The lowest BCUT2D eigenvalue weighted by atomic mass is 9.92. The Morgan fingerprint density at radius 1 is 0.970 bits per heavy atom. The van der Waals surface area contributed by atoms with Crippen LogP contribution >= 0.6 is 11.8 Å². The van der Waals surface area contributed by atoms with E-state index in [4.69, 9.17) is 9.84 Å². The van der Waals surface area contributed by atoms with Crippen molar-refractivity contribution in [2.75, 3.05) is 17.3 Å². The Hall–Kier alpha value is -3.65. The van der Waals surface area contributed by atoms with Gasteiger partial charge in [0.05, 0.1) is 11.8 Å². The molecule has 2 atom stereocenters. The zero-order valence-corrected chi connectivity index (χ0v) is 18.2. The Kier molecular flexibility index (Phi) is 6.74. The highest BCUT2D eigenvalue weighted by atomic mass is 32.2. The monoisotopic (exact) mass is 465 g/mol. The van der Waals surface area contributed by atoms with E-state index in [1.807, 2.05) is 6.07 Å². The number of anilines is 1. The van der Waals surface area contributed by atoms with Crippen molar-refractivity contribution in [1.82, 2.24) is 0 Å². The molecule has 0 aliphatic carbocycles. The van der Waals surface area contributed by atoms with Crippen LogP contribution in [0, 0.1) is 5.82 Å². The van der Waals surface area contributed by atoms with E-state index >= 15 is 0 Å². The van der Waals surface area contributed by atoms with Gasteiger partial charge in [-0.05, 0) is 42.0 Å². The molecule has 1 N–H and O–H groups in total. The molecule has 3 aromatic carbocycles. The van der Waals surface area contributed by atoms with E-state index in [1.54, 1.807) is 65.6 Å². The first-order valence-corrected chi connectivity index (χ1v) is 11.2. The van der Waals surface area contributed by atoms with Crippen molar-refractivity contribution < 1.29 is 28.6 Å². The van der Waals surface area contributed by atoms with Crippen LogP contribution in [0.2, 0.25) is 0 Å². The molecule has 0 aromatic heterocycles. The van der Waals surface area contributed by atoms with Gasteiger partial charge in [0, 0.05) is 11.3 Å². The molecule has 33 heavy (non-hydrogen) atoms. The van der Waals surface area contributed by atoms with Crippen LogP contribution in [-0.2, 0) is 9.59 Å². The lowest BCUT2D eigenvalue weighted by Gasteiger charge is -2.47. The number of amides is 1. The van der Waals surface area contributed by atoms with E-state index in [1.165, 1.54) is 23.9 Å². The Morgan fingerprint density at radius 2 is 1.64 bits per heavy atom. The number of carboxylic acids is 1. The summed E-state index contributed by atoms with van der Waals surface area (Å²) >= 11 is 1.27. The third-order valence-corrected chi connectivity index (χ3v) is 6.47. The van der Waals surface area contributed by atoms with Crippen molar-refractivity contribution >= 4 is 35.1 Å². The van der Waals surface area contributed by atoms with Gasteiger partial charge in [0.25, 0.3) is 0 Å². The molecule has 1 heterocycles. The topological polar surface area (TPSA) is 83.9 Å². The predicted octanol–water partition coefficient (Wildman–Crippen LogP) is 4.36. The number of ketones is 1. The van der Waals surface area contributed by atoms with Crippen LogP contribution in [0.5, 0.6) is 5.75 Å². The van der Waals surface area contributed by atoms with Crippen LogP contribution in [0.1, 0.15) is 22.0 Å². The summed E-state index contributed by atoms with van der Waals surface area (Å²) in [6.45, 7) is -0.455. The predicted molar refractivity (Wildman–Crippen MR) is 123 cm³/mol. The van der Waals surface area contributed by atoms with Crippen LogP contribution in [0.25, 0.3) is 0 Å². The van der Waals surface area contributed by atoms with E-state index in [-0.39, 0.29) is 23.5 Å². The molecule has 1 amide bonds. The number of rotatable bonds is 9. The lowest BCUT2D eigenvalue weighted by molar-refractivity contribution is -0.139. The molecule has 4 rings (SSSR count). The minimum absolute atomic E-state index is 0.0650. The van der Waals surface area contributed by atoms with Crippen molar-refractivity contribution in [1.29, 1.82) is 0 Å². The average molecular weight is 466 g/mol. The number of hydrogen-bond donors (Lipinski definition) is 1. The molecule has 1 aliphatic heterocycles. The molecule has 2 unspecified atom stereocenters. The molecule has 1 saturated heterocycles. The molecule has 6 nitrogen and oxygen atoms in total. The maximum atomic E-state index is 13.4. The van der Waals surface area contributed by atoms with Crippen LogP contribution in [-0.4, -0.2) is 40.4 Å². The maximum Gasteiger partial charge on any atom is 0.341 e. The first kappa shape index (κ1) is 22.5. The minimum atomic E-state index is -1.08. The second-order valence-corrected chi connectivity index (χ2v) is 8.53. The van der Waals surface area contributed by atoms with Crippen LogP contribution < -0.4 is 9.64 Å². The number of β-lactam (4-membered cyclic amide) rings is 1. The quantitative estimate of drug-likeness (QED) is 0.373. The van der Waals surface area contributed by atoms with Gasteiger partial charge < -0.3 is 14.7 Å². The van der Waals surface area contributed by atoms with Crippen molar-refractivity contribution in [3.8, 4) is 5.75 Å². The molecule has 168 valence electrons. The Labute approximate surface area is 194 Å². The largest absolute Gasteiger partial charge is 0.482 e. The van der Waals surface area contributed by atoms with E-state index in [0.29, 0.717) is 17.0 Å². The summed E-state index contributed by atoms with van der Waals surface area (Å²) in [5, 5.41) is 8.28. The maximum absolute atomic E-state index is 13.4. The zero-order valence-electron chi connectivity index (χ0n) is 17.4. The molecule has 0 radical (unpaired) electrons. The number of carbonyl (C=O) groups is 3. The van der Waals surface area contributed by atoms with Crippen molar-refractivity contribution in [3.63, 3.8) is 0 Å². The van der Waals surface area contributed by atoms with Gasteiger partial charge in [-0.15, -0.1) is 11.8 Å². The summed E-state index contributed by atoms with van der Waals surface area (Å²) in [4.78, 5) is 37.9. The summed E-state index contributed by atoms with van der Waals surface area (Å²) < 4.78 is 18.6. The first-order chi connectivity index (χ1) is 15.9. The van der Waals surface area contributed by atoms with Crippen molar-refractivity contribution in [2.24, 2.45) is 0 Å². The van der Waals surface area contributed by atoms with E-state index < -0.39 is 23.6 Å². The third kappa shape index (κ3) is 5.06. The van der Waals surface area contributed by atoms with Gasteiger partial charge in [-0.2, -0.15) is 0 Å². The van der Waals surface area contributed by atoms with Crippen LogP contribution in [0.15, 0.2) is 78.9 Å². The molecule has 0 bridgehead atoms. The number of carbonyl (C=O) groups excluding carboxylic acids is 2. The fourth-order valence-corrected chi connectivity index (χ4v) is 4.83. The van der Waals surface area contributed by atoms with Gasteiger partial charge in [0.15, 0.2) is 12.4 Å². The summed E-state index contributed by atoms with van der Waals surface area (Å²) in [5.74, 6) is -1.17. The van der Waals surface area contributed by atoms with Crippen LogP contribution in [0.4, 0.5) is 10.1 Å². The number of thioether (sulfide) groups is 1. The normalized spacial score (nSPS) is 17.4. The first-order valence-electron chi connectivity index (χ1n) is 10.2. The number of ether oxygens (including phenoxy) is 1. The fourth-order valence-electron chi connectivity index (χ4n) is 3.62. The van der Waals surface area contributed by atoms with Gasteiger partial charge >= 0.3 is 5.97 Å². The minimum Gasteiger partial charge on any atom is -0.482 e. The highest BCUT2D eigenvalue weighted by molar-refractivity contribution is 8.01. The Morgan fingerprint density at radius 3 is 2.27 bits per heavy atom. The number of halogens is 1. The second-order valence-electron chi connectivity index (χ2n) is 7.40. The highest BCUT2D eigenvalue weighted by Crippen LogP contribution is 2.45. The van der Waals surface area contributed by atoms with Gasteiger partial charge in [-0.1, -0.05) is 42.5 Å². The van der Waals surface area contributed by atoms with E-state index in [0.717, 1.165) is 5.56 Å². The van der Waals surface area contributed by atoms with E-state index in [2.05, 4.69) is 0 Å². The summed E-state index contributed by atoms with van der Waals surface area (Å²) in [5.41, 5.74) is 1.94. The lowest BCUT2D eigenvalue weighted by Crippen LogP contribution is -2.57. The second kappa shape index (κ2) is 9.87. The van der Waals surface area contributed by atoms with Crippen LogP contribution in [0.3, 0.4) is 0 Å². The molecule has 3 aromatic rings. The van der Waals surface area contributed by atoms with Gasteiger partial charge in [-0.3, -0.25) is 9.59 Å². The van der Waals surface area contributed by atoms with Crippen molar-refractivity contribution in [2.45, 2.75) is 11.3 Å². The van der Waals surface area contributed by atoms with Gasteiger partial charge in [-0.25, -0.2) is 9.18 Å². The third-order valence-electron chi connectivity index (χ3n) is 5.22. The summed E-state index contributed by atoms with van der Waals surface area (Å²) in [6.07, 6.45) is 0. The fraction of sp³-hybridized carbons (Fsp3) is 0.160. The average Bonchev–Trinajstić information content (AvgIpc) is 2.83. The molecule has 1 aliphatic rings. The number of hydrogen-bond acceptors (Lipinski definition) is 5. The standard InChI is InChI=1S/C25H20FNO5S/c26-18-8-10-19(11-9-18)27-23(17-6-12-20(13-7-17)32-14-22(29)30)24(25(27)31)33-15-21(28)16-4-2-1-3-5-16/h1-13,23-24H,14-15H2,(H,29,30). The Bertz CT molecular complexity index is 1150. The number of carboxylic acid groups (broad SMARTS) is 1. The van der Waals surface area contributed by atoms with Gasteiger partial charge in [0.2, 0.25) is 5.91 Å².